The summed E-state index contributed by atoms with van der Waals surface area (Å²) in [4.78, 5) is 34.0. The summed E-state index contributed by atoms with van der Waals surface area (Å²) in [5, 5.41) is 15.7. The van der Waals surface area contributed by atoms with Crippen molar-refractivity contribution in [2.24, 2.45) is 0 Å². The molecule has 8 nitrogen and oxygen atoms in total. The Morgan fingerprint density at radius 1 is 1.07 bits per heavy atom. The van der Waals surface area contributed by atoms with E-state index in [1.54, 1.807) is 35.1 Å². The van der Waals surface area contributed by atoms with Gasteiger partial charge in [-0.1, -0.05) is 50.2 Å². The molecule has 1 saturated heterocycles. The minimum Gasteiger partial charge on any atom is -0.493 e. The van der Waals surface area contributed by atoms with Gasteiger partial charge in [-0.05, 0) is 61.9 Å². The van der Waals surface area contributed by atoms with E-state index in [1.165, 1.54) is 15.5 Å². The van der Waals surface area contributed by atoms with Crippen LogP contribution < -0.4 is 5.56 Å². The van der Waals surface area contributed by atoms with Crippen LogP contribution in [0.25, 0.3) is 17.2 Å². The highest BCUT2D eigenvalue weighted by Gasteiger charge is 2.34. The number of para-hydroxylation sites is 1. The Bertz CT molecular complexity index is 1600. The first-order valence-corrected chi connectivity index (χ1v) is 13.8. The number of amides is 1. The maximum Gasteiger partial charge on any atom is 0.275 e. The van der Waals surface area contributed by atoms with Crippen molar-refractivity contribution in [2.75, 3.05) is 13.1 Å². The van der Waals surface area contributed by atoms with Crippen molar-refractivity contribution in [3.63, 3.8) is 0 Å². The van der Waals surface area contributed by atoms with Crippen molar-refractivity contribution in [1.29, 1.82) is 0 Å². The summed E-state index contributed by atoms with van der Waals surface area (Å²) >= 11 is 0. The van der Waals surface area contributed by atoms with Gasteiger partial charge in [0.1, 0.15) is 11.5 Å². The molecule has 1 atom stereocenters. The van der Waals surface area contributed by atoms with Crippen LogP contribution in [0.5, 0.6) is 5.88 Å². The van der Waals surface area contributed by atoms with Crippen LogP contribution in [-0.4, -0.2) is 48.3 Å². The molecule has 1 aliphatic rings. The predicted octanol–water partition coefficient (Wildman–Crippen LogP) is 5.28. The van der Waals surface area contributed by atoms with Crippen LogP contribution in [0, 0.1) is 5.82 Å². The van der Waals surface area contributed by atoms with Crippen LogP contribution in [0.15, 0.2) is 59.5 Å². The van der Waals surface area contributed by atoms with Crippen molar-refractivity contribution in [3.8, 4) is 23.1 Å². The maximum atomic E-state index is 14.4. The van der Waals surface area contributed by atoms with E-state index in [4.69, 9.17) is 0 Å². The fraction of sp³-hybridized carbons (Fsp3) is 0.355. The Balaban J connectivity index is 1.66. The molecule has 2 aromatic carbocycles. The van der Waals surface area contributed by atoms with Gasteiger partial charge in [0.15, 0.2) is 11.4 Å². The molecule has 1 fully saturated rings. The zero-order valence-electron chi connectivity index (χ0n) is 23.3. The van der Waals surface area contributed by atoms with Crippen LogP contribution in [0.1, 0.15) is 73.1 Å². The third-order valence-corrected chi connectivity index (χ3v) is 7.65. The summed E-state index contributed by atoms with van der Waals surface area (Å²) in [6.45, 7) is 8.56. The Morgan fingerprint density at radius 3 is 2.40 bits per heavy atom. The third-order valence-electron chi connectivity index (χ3n) is 7.65. The molecule has 0 radical (unpaired) electrons. The first kappa shape index (κ1) is 27.3. The van der Waals surface area contributed by atoms with Crippen molar-refractivity contribution in [3.05, 3.63) is 93.2 Å². The molecule has 1 aliphatic heterocycles. The Kier molecular flexibility index (Phi) is 7.56. The van der Waals surface area contributed by atoms with E-state index in [1.807, 2.05) is 45.9 Å². The number of benzene rings is 2. The number of nitrogens with zero attached hydrogens (tertiary/aromatic N) is 5. The smallest absolute Gasteiger partial charge is 0.275 e. The van der Waals surface area contributed by atoms with E-state index in [-0.39, 0.29) is 30.1 Å². The molecular formula is C31H34FN5O3. The van der Waals surface area contributed by atoms with Crippen molar-refractivity contribution in [2.45, 2.75) is 58.9 Å². The fourth-order valence-electron chi connectivity index (χ4n) is 5.49. The number of carbonyl (C=O) groups is 1. The summed E-state index contributed by atoms with van der Waals surface area (Å²) in [6.07, 6.45) is 3.65. The summed E-state index contributed by atoms with van der Waals surface area (Å²) < 4.78 is 17.6. The highest BCUT2D eigenvalue weighted by Crippen LogP contribution is 2.32. The predicted molar refractivity (Wildman–Crippen MR) is 152 cm³/mol. The van der Waals surface area contributed by atoms with Crippen molar-refractivity contribution < 1.29 is 14.3 Å². The van der Waals surface area contributed by atoms with Crippen LogP contribution in [0.4, 0.5) is 4.39 Å². The molecule has 1 unspecified atom stereocenters. The van der Waals surface area contributed by atoms with E-state index >= 15 is 0 Å². The molecule has 0 saturated carbocycles. The standard InChI is InChI=1S/C31H34FN5O3/c1-5-20-10-9-11-21(6-2)27(20)37-28(25-15-17-36(34-25)19(3)4)33-29(38)26(31(37)40)30(39)35-16-14-22(18-35)23-12-7-8-13-24(23)32/h7-13,15,17,19,22,38H,5-6,14,16,18H2,1-4H3. The largest absolute Gasteiger partial charge is 0.493 e. The topological polar surface area (TPSA) is 93.2 Å². The van der Waals surface area contributed by atoms with Gasteiger partial charge < -0.3 is 10.0 Å². The number of aryl methyl sites for hydroxylation is 2. The van der Waals surface area contributed by atoms with Gasteiger partial charge in [-0.15, -0.1) is 0 Å². The Hall–Kier alpha value is -4.27. The van der Waals surface area contributed by atoms with E-state index in [9.17, 15) is 19.1 Å². The molecule has 208 valence electrons. The third kappa shape index (κ3) is 4.80. The van der Waals surface area contributed by atoms with Crippen LogP contribution in [0.2, 0.25) is 0 Å². The molecule has 0 spiro atoms. The van der Waals surface area contributed by atoms with E-state index < -0.39 is 22.9 Å². The van der Waals surface area contributed by atoms with E-state index in [2.05, 4.69) is 10.1 Å². The van der Waals surface area contributed by atoms with Crippen LogP contribution in [-0.2, 0) is 12.8 Å². The first-order valence-electron chi connectivity index (χ1n) is 13.8. The molecule has 5 rings (SSSR count). The monoisotopic (exact) mass is 543 g/mol. The van der Waals surface area contributed by atoms with Gasteiger partial charge in [-0.3, -0.25) is 18.8 Å². The minimum atomic E-state index is -0.656. The second kappa shape index (κ2) is 11.1. The molecule has 1 amide bonds. The average Bonchev–Trinajstić information content (AvgIpc) is 3.63. The fourth-order valence-corrected chi connectivity index (χ4v) is 5.49. The lowest BCUT2D eigenvalue weighted by Crippen LogP contribution is -2.36. The van der Waals surface area contributed by atoms with Gasteiger partial charge in [0.25, 0.3) is 11.5 Å². The van der Waals surface area contributed by atoms with E-state index in [0.29, 0.717) is 42.8 Å². The summed E-state index contributed by atoms with van der Waals surface area (Å²) in [5.41, 5.74) is 2.38. The van der Waals surface area contributed by atoms with Gasteiger partial charge in [-0.2, -0.15) is 10.1 Å². The lowest BCUT2D eigenvalue weighted by atomic mass is 9.98. The molecule has 4 aromatic rings. The molecule has 2 aromatic heterocycles. The number of aromatic hydroxyl groups is 1. The maximum absolute atomic E-state index is 14.4. The minimum absolute atomic E-state index is 0.0788. The van der Waals surface area contributed by atoms with Gasteiger partial charge in [0, 0.05) is 31.2 Å². The average molecular weight is 544 g/mol. The highest BCUT2D eigenvalue weighted by molar-refractivity contribution is 5.96. The zero-order valence-corrected chi connectivity index (χ0v) is 23.3. The van der Waals surface area contributed by atoms with E-state index in [0.717, 1.165) is 11.1 Å². The van der Waals surface area contributed by atoms with Gasteiger partial charge in [0.05, 0.1) is 5.69 Å². The number of halogens is 1. The first-order chi connectivity index (χ1) is 19.2. The van der Waals surface area contributed by atoms with Crippen LogP contribution >= 0.6 is 0 Å². The Morgan fingerprint density at radius 2 is 1.77 bits per heavy atom. The zero-order chi connectivity index (χ0) is 28.6. The number of rotatable bonds is 7. The molecule has 3 heterocycles. The number of aromatic nitrogens is 4. The van der Waals surface area contributed by atoms with Gasteiger partial charge >= 0.3 is 0 Å². The molecule has 9 heteroatoms. The van der Waals surface area contributed by atoms with Gasteiger partial charge in [0.2, 0.25) is 5.88 Å². The number of likely N-dealkylation sites (tertiary alicyclic amines) is 1. The number of hydrogen-bond acceptors (Lipinski definition) is 5. The molecular weight excluding hydrogens is 509 g/mol. The summed E-state index contributed by atoms with van der Waals surface area (Å²) in [5.74, 6) is -1.60. The second-order valence-electron chi connectivity index (χ2n) is 10.4. The van der Waals surface area contributed by atoms with Crippen molar-refractivity contribution >= 4 is 5.91 Å². The SMILES string of the molecule is CCc1cccc(CC)c1-n1c(-c2ccn(C(C)C)n2)nc(O)c(C(=O)N2CCC(c3ccccc3F)C2)c1=O. The molecule has 0 aliphatic carbocycles. The number of carbonyl (C=O) groups excluding carboxylic acids is 1. The lowest BCUT2D eigenvalue weighted by Gasteiger charge is -2.21. The Labute approximate surface area is 232 Å². The summed E-state index contributed by atoms with van der Waals surface area (Å²) in [6, 6.07) is 14.2. The van der Waals surface area contributed by atoms with Crippen LogP contribution in [0.3, 0.4) is 0 Å². The molecule has 40 heavy (non-hydrogen) atoms. The van der Waals surface area contributed by atoms with Gasteiger partial charge in [-0.25, -0.2) is 4.39 Å². The lowest BCUT2D eigenvalue weighted by molar-refractivity contribution is 0.0784. The quantitative estimate of drug-likeness (QED) is 0.343. The second-order valence-corrected chi connectivity index (χ2v) is 10.4. The highest BCUT2D eigenvalue weighted by atomic mass is 19.1. The molecule has 0 bridgehead atoms. The number of hydrogen-bond donors (Lipinski definition) is 1. The normalized spacial score (nSPS) is 15.2. The van der Waals surface area contributed by atoms with Crippen molar-refractivity contribution in [1.82, 2.24) is 24.2 Å². The molecule has 1 N–H and O–H groups in total. The summed E-state index contributed by atoms with van der Waals surface area (Å²) in [7, 11) is 0.